The molecule has 17 heavy (non-hydrogen) atoms. The Labute approximate surface area is 97.9 Å². The number of nitrogen functional groups attached to an aromatic ring is 1. The van der Waals surface area contributed by atoms with E-state index in [1.807, 2.05) is 6.92 Å². The van der Waals surface area contributed by atoms with Gasteiger partial charge in [-0.15, -0.1) is 0 Å². The summed E-state index contributed by atoms with van der Waals surface area (Å²) in [7, 11) is 1.65. The van der Waals surface area contributed by atoms with Gasteiger partial charge in [0.05, 0.1) is 18.2 Å². The van der Waals surface area contributed by atoms with E-state index in [-0.39, 0.29) is 6.04 Å². The fourth-order valence-electron chi connectivity index (χ4n) is 1.53. The first kappa shape index (κ1) is 11.6. The van der Waals surface area contributed by atoms with Crippen molar-refractivity contribution in [3.8, 4) is 0 Å². The van der Waals surface area contributed by atoms with Crippen LogP contribution in [0, 0.1) is 0 Å². The summed E-state index contributed by atoms with van der Waals surface area (Å²) in [5.41, 5.74) is 3.04. The maximum Gasteiger partial charge on any atom is 0.241 e. The van der Waals surface area contributed by atoms with Crippen molar-refractivity contribution >= 4 is 22.8 Å². The van der Waals surface area contributed by atoms with Gasteiger partial charge in [0, 0.05) is 13.2 Å². The summed E-state index contributed by atoms with van der Waals surface area (Å²) in [6.07, 6.45) is 1.66. The molecule has 0 aliphatic heterocycles. The summed E-state index contributed by atoms with van der Waals surface area (Å²) >= 11 is 0. The van der Waals surface area contributed by atoms with Gasteiger partial charge in [0.2, 0.25) is 5.95 Å². The van der Waals surface area contributed by atoms with Crippen LogP contribution in [-0.2, 0) is 4.74 Å². The Kier molecular flexibility index (Phi) is 3.35. The largest absolute Gasteiger partial charge is 0.383 e. The van der Waals surface area contributed by atoms with E-state index < -0.39 is 0 Å². The first-order valence-electron chi connectivity index (χ1n) is 5.17. The zero-order valence-electron chi connectivity index (χ0n) is 9.69. The Bertz CT molecular complexity index is 497. The van der Waals surface area contributed by atoms with Crippen molar-refractivity contribution in [1.29, 1.82) is 0 Å². The number of aromatic amines is 1. The van der Waals surface area contributed by atoms with Gasteiger partial charge in [-0.2, -0.15) is 15.1 Å². The van der Waals surface area contributed by atoms with Crippen LogP contribution in [0.5, 0.6) is 0 Å². The molecule has 0 amide bonds. The van der Waals surface area contributed by atoms with Crippen LogP contribution in [-0.4, -0.2) is 39.9 Å². The molecular weight excluding hydrogens is 222 g/mol. The lowest BCUT2D eigenvalue weighted by Crippen LogP contribution is -2.22. The highest BCUT2D eigenvalue weighted by molar-refractivity contribution is 5.87. The molecule has 2 rings (SSSR count). The molecule has 8 heteroatoms. The van der Waals surface area contributed by atoms with Crippen LogP contribution in [0.4, 0.5) is 11.8 Å². The van der Waals surface area contributed by atoms with Crippen LogP contribution < -0.4 is 16.6 Å². The number of methoxy groups -OCH3 is 1. The van der Waals surface area contributed by atoms with Crippen LogP contribution in [0.1, 0.15) is 6.92 Å². The van der Waals surface area contributed by atoms with Gasteiger partial charge in [-0.3, -0.25) is 10.5 Å². The normalized spacial score (nSPS) is 12.6. The van der Waals surface area contributed by atoms with Gasteiger partial charge in [0.25, 0.3) is 0 Å². The van der Waals surface area contributed by atoms with E-state index in [0.717, 1.165) is 5.39 Å². The van der Waals surface area contributed by atoms with Crippen molar-refractivity contribution in [2.75, 3.05) is 24.5 Å². The molecule has 5 N–H and O–H groups in total. The number of aromatic nitrogens is 4. The van der Waals surface area contributed by atoms with Gasteiger partial charge < -0.3 is 10.1 Å². The Hall–Kier alpha value is -1.93. The van der Waals surface area contributed by atoms with Crippen LogP contribution in [0.3, 0.4) is 0 Å². The number of fused-ring (bicyclic) bond motifs is 1. The number of ether oxygens (including phenoxy) is 1. The number of hydrogen-bond donors (Lipinski definition) is 4. The van der Waals surface area contributed by atoms with E-state index >= 15 is 0 Å². The molecule has 0 aliphatic rings. The van der Waals surface area contributed by atoms with E-state index in [2.05, 4.69) is 30.9 Å². The van der Waals surface area contributed by atoms with E-state index in [9.17, 15) is 0 Å². The van der Waals surface area contributed by atoms with Crippen molar-refractivity contribution in [3.63, 3.8) is 0 Å². The number of nitrogens with zero attached hydrogens (tertiary/aromatic N) is 3. The second-order valence-corrected chi connectivity index (χ2v) is 3.67. The molecule has 92 valence electrons. The molecule has 0 aromatic carbocycles. The Balaban J connectivity index is 2.33. The van der Waals surface area contributed by atoms with Gasteiger partial charge in [-0.25, -0.2) is 5.84 Å². The zero-order chi connectivity index (χ0) is 12.3. The molecule has 2 heterocycles. The highest BCUT2D eigenvalue weighted by atomic mass is 16.5. The highest BCUT2D eigenvalue weighted by Gasteiger charge is 2.11. The number of hydrazine groups is 1. The number of anilines is 2. The smallest absolute Gasteiger partial charge is 0.241 e. The molecular formula is C9H15N7O. The van der Waals surface area contributed by atoms with Crippen LogP contribution in [0.15, 0.2) is 6.20 Å². The van der Waals surface area contributed by atoms with E-state index in [4.69, 9.17) is 10.6 Å². The second-order valence-electron chi connectivity index (χ2n) is 3.67. The minimum atomic E-state index is 0.124. The fraction of sp³-hybridized carbons (Fsp3) is 0.444. The average molecular weight is 237 g/mol. The number of hydrogen-bond acceptors (Lipinski definition) is 7. The first-order chi connectivity index (χ1) is 8.24. The maximum atomic E-state index is 5.31. The number of nitrogens with two attached hydrogens (primary N) is 1. The summed E-state index contributed by atoms with van der Waals surface area (Å²) in [6.45, 7) is 2.57. The topological polar surface area (TPSA) is 114 Å². The molecule has 2 aromatic heterocycles. The summed E-state index contributed by atoms with van der Waals surface area (Å²) in [4.78, 5) is 8.37. The molecule has 2 aromatic rings. The second kappa shape index (κ2) is 4.93. The third-order valence-electron chi connectivity index (χ3n) is 2.24. The average Bonchev–Trinajstić information content (AvgIpc) is 2.77. The molecule has 1 unspecified atom stereocenters. The molecule has 0 saturated carbocycles. The zero-order valence-corrected chi connectivity index (χ0v) is 9.69. The minimum Gasteiger partial charge on any atom is -0.383 e. The number of nitrogens with one attached hydrogen (secondary N) is 3. The van der Waals surface area contributed by atoms with E-state index in [1.165, 1.54) is 0 Å². The fourth-order valence-corrected chi connectivity index (χ4v) is 1.53. The van der Waals surface area contributed by atoms with E-state index in [0.29, 0.717) is 24.0 Å². The Morgan fingerprint density at radius 2 is 2.35 bits per heavy atom. The molecule has 0 radical (unpaired) electrons. The van der Waals surface area contributed by atoms with Gasteiger partial charge >= 0.3 is 0 Å². The maximum absolute atomic E-state index is 5.31. The predicted octanol–water partition coefficient (Wildman–Crippen LogP) is 0.0853. The van der Waals surface area contributed by atoms with Gasteiger partial charge in [0.15, 0.2) is 5.65 Å². The molecule has 0 saturated heterocycles. The minimum absolute atomic E-state index is 0.124. The van der Waals surface area contributed by atoms with Crippen molar-refractivity contribution in [3.05, 3.63) is 6.20 Å². The lowest BCUT2D eigenvalue weighted by Gasteiger charge is -2.14. The molecule has 0 fully saturated rings. The number of H-pyrrole nitrogens is 1. The van der Waals surface area contributed by atoms with Crippen molar-refractivity contribution < 1.29 is 4.74 Å². The molecule has 0 bridgehead atoms. The summed E-state index contributed by atoms with van der Waals surface area (Å²) in [5, 5.41) is 10.7. The Morgan fingerprint density at radius 3 is 3.06 bits per heavy atom. The summed E-state index contributed by atoms with van der Waals surface area (Å²) in [5.74, 6) is 6.30. The lowest BCUT2D eigenvalue weighted by atomic mass is 10.3. The molecule has 0 aliphatic carbocycles. The standard InChI is InChI=1S/C9H15N7O/c1-5(4-17-2)12-7-6-3-11-16-8(6)14-9(13-7)15-10/h3,5H,4,10H2,1-2H3,(H3,11,12,13,14,15,16). The molecule has 0 spiro atoms. The highest BCUT2D eigenvalue weighted by Crippen LogP contribution is 2.20. The molecule has 8 nitrogen and oxygen atoms in total. The van der Waals surface area contributed by atoms with Gasteiger partial charge in [-0.05, 0) is 6.92 Å². The Morgan fingerprint density at radius 1 is 1.53 bits per heavy atom. The summed E-state index contributed by atoms with van der Waals surface area (Å²) in [6, 6.07) is 0.124. The third kappa shape index (κ3) is 2.43. The van der Waals surface area contributed by atoms with Crippen molar-refractivity contribution in [2.45, 2.75) is 13.0 Å². The quantitative estimate of drug-likeness (QED) is 0.430. The van der Waals surface area contributed by atoms with Gasteiger partial charge in [-0.1, -0.05) is 0 Å². The predicted molar refractivity (Wildman–Crippen MR) is 64.5 cm³/mol. The van der Waals surface area contributed by atoms with E-state index in [1.54, 1.807) is 13.3 Å². The summed E-state index contributed by atoms with van der Waals surface area (Å²) < 4.78 is 5.06. The van der Waals surface area contributed by atoms with Crippen molar-refractivity contribution in [1.82, 2.24) is 20.2 Å². The number of rotatable bonds is 5. The van der Waals surface area contributed by atoms with Gasteiger partial charge in [0.1, 0.15) is 5.82 Å². The SMILES string of the molecule is COCC(C)Nc1nc(NN)nc2[nH]ncc12. The first-order valence-corrected chi connectivity index (χ1v) is 5.17. The third-order valence-corrected chi connectivity index (χ3v) is 2.24. The van der Waals surface area contributed by atoms with Crippen LogP contribution in [0.2, 0.25) is 0 Å². The monoisotopic (exact) mass is 237 g/mol. The van der Waals surface area contributed by atoms with Crippen LogP contribution in [0.25, 0.3) is 11.0 Å². The van der Waals surface area contributed by atoms with Crippen LogP contribution >= 0.6 is 0 Å². The van der Waals surface area contributed by atoms with Crippen molar-refractivity contribution in [2.24, 2.45) is 5.84 Å². The molecule has 1 atom stereocenters. The lowest BCUT2D eigenvalue weighted by molar-refractivity contribution is 0.190.